The number of nitrogens with two attached hydrogens (primary N) is 1. The smallest absolute Gasteiger partial charge is 0.227 e. The summed E-state index contributed by atoms with van der Waals surface area (Å²) in [5, 5.41) is 11.0. The summed E-state index contributed by atoms with van der Waals surface area (Å²) < 4.78 is 1.98. The third-order valence-corrected chi connectivity index (χ3v) is 4.03. The molecule has 0 aliphatic carbocycles. The molecule has 0 saturated carbocycles. The zero-order chi connectivity index (χ0) is 15.2. The Morgan fingerprint density at radius 3 is 2.41 bits per heavy atom. The van der Waals surface area contributed by atoms with Crippen molar-refractivity contribution in [3.8, 4) is 0 Å². The Labute approximate surface area is 145 Å². The summed E-state index contributed by atoms with van der Waals surface area (Å²) in [5.41, 5.74) is 5.34. The number of hydrogen-bond acceptors (Lipinski definition) is 4. The number of carbonyl (C=O) groups is 1. The van der Waals surface area contributed by atoms with Crippen LogP contribution in [0.25, 0.3) is 0 Å². The van der Waals surface area contributed by atoms with E-state index in [9.17, 15) is 4.79 Å². The van der Waals surface area contributed by atoms with Gasteiger partial charge in [-0.25, -0.2) is 0 Å². The quantitative estimate of drug-likeness (QED) is 0.749. The summed E-state index contributed by atoms with van der Waals surface area (Å²) in [6.07, 6.45) is 3.22. The number of hydrogen-bond donors (Lipinski definition) is 2. The number of carbonyl (C=O) groups excluding carboxylic acids is 1. The molecular weight excluding hydrogens is 325 g/mol. The van der Waals surface area contributed by atoms with Gasteiger partial charge in [-0.2, -0.15) is 0 Å². The summed E-state index contributed by atoms with van der Waals surface area (Å²) in [6.45, 7) is 9.80. The van der Waals surface area contributed by atoms with Gasteiger partial charge in [0, 0.05) is 25.6 Å². The summed E-state index contributed by atoms with van der Waals surface area (Å²) in [6, 6.07) is 0. The van der Waals surface area contributed by atoms with Crippen molar-refractivity contribution < 1.29 is 4.79 Å². The van der Waals surface area contributed by atoms with Crippen LogP contribution in [0.2, 0.25) is 0 Å². The second kappa shape index (κ2) is 10.8. The van der Waals surface area contributed by atoms with Crippen LogP contribution >= 0.6 is 24.8 Å². The zero-order valence-electron chi connectivity index (χ0n) is 13.8. The maximum Gasteiger partial charge on any atom is 0.227 e. The molecule has 3 N–H and O–H groups in total. The van der Waals surface area contributed by atoms with E-state index in [0.29, 0.717) is 25.6 Å². The van der Waals surface area contributed by atoms with Crippen molar-refractivity contribution in [2.45, 2.75) is 53.0 Å². The molecule has 22 heavy (non-hydrogen) atoms. The van der Waals surface area contributed by atoms with E-state index >= 15 is 0 Å². The molecule has 0 spiro atoms. The van der Waals surface area contributed by atoms with Crippen LogP contribution in [0.15, 0.2) is 6.33 Å². The molecule has 0 aromatic carbocycles. The van der Waals surface area contributed by atoms with E-state index in [1.165, 1.54) is 0 Å². The summed E-state index contributed by atoms with van der Waals surface area (Å²) >= 11 is 0. The average molecular weight is 354 g/mol. The first-order valence-corrected chi connectivity index (χ1v) is 7.36. The molecule has 6 nitrogen and oxygen atoms in total. The highest BCUT2D eigenvalue weighted by Crippen LogP contribution is 2.24. The summed E-state index contributed by atoms with van der Waals surface area (Å²) in [7, 11) is 0. The molecule has 8 heteroatoms. The molecule has 1 aromatic rings. The Hall–Kier alpha value is -0.850. The third kappa shape index (κ3) is 5.41. The number of nitrogens with zero attached hydrogens (tertiary/aromatic N) is 3. The Bertz CT molecular complexity index is 424. The number of amides is 1. The van der Waals surface area contributed by atoms with Crippen LogP contribution < -0.4 is 11.1 Å². The van der Waals surface area contributed by atoms with Gasteiger partial charge >= 0.3 is 0 Å². The molecule has 1 heterocycles. The van der Waals surface area contributed by atoms with E-state index in [2.05, 4.69) is 29.4 Å². The van der Waals surface area contributed by atoms with Crippen LogP contribution in [-0.2, 0) is 11.3 Å². The van der Waals surface area contributed by atoms with Gasteiger partial charge in [-0.1, -0.05) is 27.7 Å². The van der Waals surface area contributed by atoms with Crippen LogP contribution in [0.3, 0.4) is 0 Å². The largest absolute Gasteiger partial charge is 0.354 e. The number of nitrogens with one attached hydrogen (secondary N) is 1. The molecule has 130 valence electrons. The lowest BCUT2D eigenvalue weighted by Crippen LogP contribution is -2.46. The molecule has 1 aromatic heterocycles. The lowest BCUT2D eigenvalue weighted by molar-refractivity contribution is -0.131. The van der Waals surface area contributed by atoms with Crippen molar-refractivity contribution in [3.63, 3.8) is 0 Å². The Kier molecular flexibility index (Phi) is 11.5. The van der Waals surface area contributed by atoms with Crippen molar-refractivity contribution in [1.82, 2.24) is 20.1 Å². The number of rotatable bonds is 8. The van der Waals surface area contributed by atoms with Crippen molar-refractivity contribution in [2.75, 3.05) is 13.1 Å². The van der Waals surface area contributed by atoms with Crippen molar-refractivity contribution >= 4 is 30.7 Å². The fraction of sp³-hybridized carbons (Fsp3) is 0.786. The van der Waals surface area contributed by atoms with E-state index in [1.54, 1.807) is 6.33 Å². The van der Waals surface area contributed by atoms with Crippen LogP contribution in [0.5, 0.6) is 0 Å². The average Bonchev–Trinajstić information content (AvgIpc) is 2.90. The molecule has 0 aliphatic heterocycles. The molecule has 0 atom stereocenters. The second-order valence-electron chi connectivity index (χ2n) is 5.48. The van der Waals surface area contributed by atoms with E-state index in [4.69, 9.17) is 5.73 Å². The van der Waals surface area contributed by atoms with Gasteiger partial charge in [0.05, 0.1) is 5.41 Å². The lowest BCUT2D eigenvalue weighted by Gasteiger charge is -2.28. The highest BCUT2D eigenvalue weighted by Gasteiger charge is 2.32. The van der Waals surface area contributed by atoms with Gasteiger partial charge in [0.25, 0.3) is 0 Å². The predicted molar refractivity (Wildman–Crippen MR) is 93.7 cm³/mol. The first kappa shape index (κ1) is 23.4. The van der Waals surface area contributed by atoms with Gasteiger partial charge in [0.2, 0.25) is 5.91 Å². The lowest BCUT2D eigenvalue weighted by atomic mass is 9.81. The SMILES string of the molecule is CCC(CC)(CN)C(=O)NCCn1cnnc1C(C)C.Cl.Cl. The van der Waals surface area contributed by atoms with Gasteiger partial charge in [-0.15, -0.1) is 35.0 Å². The number of aromatic nitrogens is 3. The van der Waals surface area contributed by atoms with Crippen LogP contribution in [-0.4, -0.2) is 33.8 Å². The maximum atomic E-state index is 12.3. The van der Waals surface area contributed by atoms with Crippen LogP contribution in [0, 0.1) is 5.41 Å². The molecular formula is C14H29Cl2N5O. The molecule has 1 rings (SSSR count). The highest BCUT2D eigenvalue weighted by atomic mass is 35.5. The minimum Gasteiger partial charge on any atom is -0.354 e. The molecule has 0 radical (unpaired) electrons. The fourth-order valence-electron chi connectivity index (χ4n) is 2.31. The Morgan fingerprint density at radius 1 is 1.36 bits per heavy atom. The second-order valence-corrected chi connectivity index (χ2v) is 5.48. The van der Waals surface area contributed by atoms with Gasteiger partial charge < -0.3 is 15.6 Å². The first-order valence-electron chi connectivity index (χ1n) is 7.36. The van der Waals surface area contributed by atoms with Gasteiger partial charge in [0.1, 0.15) is 12.2 Å². The monoisotopic (exact) mass is 353 g/mol. The third-order valence-electron chi connectivity index (χ3n) is 4.03. The van der Waals surface area contributed by atoms with Gasteiger partial charge in [0.15, 0.2) is 0 Å². The van der Waals surface area contributed by atoms with Crippen LogP contribution in [0.1, 0.15) is 52.3 Å². The zero-order valence-corrected chi connectivity index (χ0v) is 15.5. The molecule has 0 fully saturated rings. The molecule has 0 saturated heterocycles. The predicted octanol–water partition coefficient (Wildman–Crippen LogP) is 2.13. The van der Waals surface area contributed by atoms with Gasteiger partial charge in [-0.3, -0.25) is 4.79 Å². The molecule has 0 unspecified atom stereocenters. The van der Waals surface area contributed by atoms with E-state index in [-0.39, 0.29) is 30.7 Å². The summed E-state index contributed by atoms with van der Waals surface area (Å²) in [5.74, 6) is 1.31. The highest BCUT2D eigenvalue weighted by molar-refractivity contribution is 5.85. The topological polar surface area (TPSA) is 85.8 Å². The van der Waals surface area contributed by atoms with Crippen molar-refractivity contribution in [3.05, 3.63) is 12.2 Å². The van der Waals surface area contributed by atoms with Gasteiger partial charge in [-0.05, 0) is 12.8 Å². The minimum atomic E-state index is -0.436. The molecule has 0 aliphatic rings. The Balaban J connectivity index is 0. The van der Waals surface area contributed by atoms with Crippen molar-refractivity contribution in [1.29, 1.82) is 0 Å². The van der Waals surface area contributed by atoms with Crippen molar-refractivity contribution in [2.24, 2.45) is 11.1 Å². The minimum absolute atomic E-state index is 0. The van der Waals surface area contributed by atoms with E-state index in [0.717, 1.165) is 18.7 Å². The Morgan fingerprint density at radius 2 is 1.95 bits per heavy atom. The van der Waals surface area contributed by atoms with E-state index in [1.807, 2.05) is 18.4 Å². The fourth-order valence-corrected chi connectivity index (χ4v) is 2.31. The number of halogens is 2. The normalized spacial score (nSPS) is 10.8. The molecule has 1 amide bonds. The maximum absolute atomic E-state index is 12.3. The molecule has 0 bridgehead atoms. The summed E-state index contributed by atoms with van der Waals surface area (Å²) in [4.78, 5) is 12.3. The van der Waals surface area contributed by atoms with E-state index < -0.39 is 5.41 Å². The first-order chi connectivity index (χ1) is 9.50. The van der Waals surface area contributed by atoms with Crippen LogP contribution in [0.4, 0.5) is 0 Å². The standard InChI is InChI=1S/C14H27N5O.2ClH/c1-5-14(6-2,9-15)13(20)16-7-8-19-10-17-18-12(19)11(3)4;;/h10-11H,5-9,15H2,1-4H3,(H,16,20);2*1H.